The monoisotopic (exact) mass is 340 g/mol. The fourth-order valence-electron chi connectivity index (χ4n) is 2.82. The van der Waals surface area contributed by atoms with Gasteiger partial charge >= 0.3 is 0 Å². The normalized spacial score (nSPS) is 13.2. The van der Waals surface area contributed by atoms with E-state index in [-0.39, 0.29) is 11.8 Å². The average Bonchev–Trinajstić information content (AvgIpc) is 3.13. The molecule has 0 aliphatic carbocycles. The Balaban J connectivity index is 1.70. The Bertz CT molecular complexity index is 753. The highest BCUT2D eigenvalue weighted by Crippen LogP contribution is 2.25. The maximum atomic E-state index is 12.5. The summed E-state index contributed by atoms with van der Waals surface area (Å²) in [7, 11) is 0. The van der Waals surface area contributed by atoms with Crippen LogP contribution in [0.15, 0.2) is 48.4 Å². The highest BCUT2D eigenvalue weighted by atomic mass is 32.1. The van der Waals surface area contributed by atoms with Crippen LogP contribution in [0.5, 0.6) is 0 Å². The largest absolute Gasteiger partial charge is 0.333 e. The van der Waals surface area contributed by atoms with Crippen molar-refractivity contribution in [1.82, 2.24) is 4.90 Å². The van der Waals surface area contributed by atoms with Crippen LogP contribution in [-0.4, -0.2) is 23.3 Å². The van der Waals surface area contributed by atoms with Crippen molar-refractivity contribution in [2.24, 2.45) is 0 Å². The van der Waals surface area contributed by atoms with Crippen LogP contribution < -0.4 is 5.32 Å². The quantitative estimate of drug-likeness (QED) is 0.841. The molecule has 1 N–H and O–H groups in total. The van der Waals surface area contributed by atoms with Crippen molar-refractivity contribution >= 4 is 28.8 Å². The van der Waals surface area contributed by atoms with Gasteiger partial charge in [-0.25, -0.2) is 0 Å². The molecular weight excluding hydrogens is 320 g/mol. The van der Waals surface area contributed by atoms with Crippen molar-refractivity contribution in [3.05, 3.63) is 64.4 Å². The van der Waals surface area contributed by atoms with Gasteiger partial charge in [0.05, 0.1) is 4.88 Å². The number of allylic oxidation sites excluding steroid dienone is 1. The third-order valence-electron chi connectivity index (χ3n) is 4.10. The highest BCUT2D eigenvalue weighted by Gasteiger charge is 2.22. The number of rotatable bonds is 5. The van der Waals surface area contributed by atoms with E-state index >= 15 is 0 Å². The van der Waals surface area contributed by atoms with Crippen molar-refractivity contribution in [2.45, 2.75) is 25.8 Å². The summed E-state index contributed by atoms with van der Waals surface area (Å²) in [5.74, 6) is 0.0632. The summed E-state index contributed by atoms with van der Waals surface area (Å²) in [6.07, 6.45) is 3.68. The smallest absolute Gasteiger partial charge is 0.264 e. The Morgan fingerprint density at radius 2 is 2.17 bits per heavy atom. The van der Waals surface area contributed by atoms with Crippen LogP contribution in [0.3, 0.4) is 0 Å². The molecule has 124 valence electrons. The number of carbonyl (C=O) groups excluding carboxylic acids is 2. The molecule has 0 atom stereocenters. The second-order valence-electron chi connectivity index (χ2n) is 5.81. The SMILES string of the molecule is C=CCCC(=O)Nc1ccc2c(c1)CN(C(=O)c1cccs1)CC2. The Morgan fingerprint density at radius 1 is 1.29 bits per heavy atom. The lowest BCUT2D eigenvalue weighted by molar-refractivity contribution is -0.116. The molecule has 1 aromatic heterocycles. The number of nitrogens with one attached hydrogen (secondary N) is 1. The maximum Gasteiger partial charge on any atom is 0.264 e. The van der Waals surface area contributed by atoms with Crippen LogP contribution in [0.4, 0.5) is 5.69 Å². The summed E-state index contributed by atoms with van der Waals surface area (Å²) >= 11 is 1.47. The summed E-state index contributed by atoms with van der Waals surface area (Å²) in [6, 6.07) is 9.72. The molecule has 0 saturated heterocycles. The molecule has 0 unspecified atom stereocenters. The molecule has 24 heavy (non-hydrogen) atoms. The summed E-state index contributed by atoms with van der Waals surface area (Å²) in [5, 5.41) is 4.83. The first kappa shape index (κ1) is 16.5. The van der Waals surface area contributed by atoms with E-state index in [0.717, 1.165) is 29.1 Å². The molecule has 2 amide bonds. The van der Waals surface area contributed by atoms with E-state index in [1.165, 1.54) is 16.9 Å². The average molecular weight is 340 g/mol. The molecule has 1 aromatic carbocycles. The minimum absolute atomic E-state index is 0.0165. The molecule has 4 nitrogen and oxygen atoms in total. The molecule has 0 radical (unpaired) electrons. The Morgan fingerprint density at radius 3 is 2.92 bits per heavy atom. The molecule has 2 aromatic rings. The molecular formula is C19H20N2O2S. The zero-order valence-corrected chi connectivity index (χ0v) is 14.3. The van der Waals surface area contributed by atoms with Gasteiger partial charge in [-0.3, -0.25) is 9.59 Å². The number of amides is 2. The maximum absolute atomic E-state index is 12.5. The number of hydrogen-bond donors (Lipinski definition) is 1. The number of anilines is 1. The van der Waals surface area contributed by atoms with Gasteiger partial charge in [0.25, 0.3) is 5.91 Å². The van der Waals surface area contributed by atoms with Crippen LogP contribution >= 0.6 is 11.3 Å². The van der Waals surface area contributed by atoms with Gasteiger partial charge in [0.2, 0.25) is 5.91 Å². The standard InChI is InChI=1S/C19H20N2O2S/c1-2-3-6-18(22)20-16-8-7-14-9-10-21(13-15(14)12-16)19(23)17-5-4-11-24-17/h2,4-5,7-8,11-12H,1,3,6,9-10,13H2,(H,20,22). The molecule has 2 heterocycles. The van der Waals surface area contributed by atoms with E-state index in [4.69, 9.17) is 0 Å². The number of fused-ring (bicyclic) bond motifs is 1. The summed E-state index contributed by atoms with van der Waals surface area (Å²) < 4.78 is 0. The number of carbonyl (C=O) groups is 2. The number of hydrogen-bond acceptors (Lipinski definition) is 3. The molecule has 1 aliphatic rings. The van der Waals surface area contributed by atoms with Gasteiger partial charge in [0, 0.05) is 25.2 Å². The second kappa shape index (κ2) is 7.45. The molecule has 0 bridgehead atoms. The Labute approximate surface area is 145 Å². The zero-order chi connectivity index (χ0) is 16.9. The lowest BCUT2D eigenvalue weighted by atomic mass is 9.99. The summed E-state index contributed by atoms with van der Waals surface area (Å²) in [6.45, 7) is 4.94. The van der Waals surface area contributed by atoms with E-state index in [1.807, 2.05) is 40.6 Å². The van der Waals surface area contributed by atoms with Gasteiger partial charge in [-0.05, 0) is 47.5 Å². The highest BCUT2D eigenvalue weighted by molar-refractivity contribution is 7.12. The lowest BCUT2D eigenvalue weighted by Crippen LogP contribution is -2.35. The van der Waals surface area contributed by atoms with Crippen LogP contribution in [0.1, 0.15) is 33.6 Å². The molecule has 5 heteroatoms. The van der Waals surface area contributed by atoms with Crippen LogP contribution in [0.2, 0.25) is 0 Å². The number of thiophene rings is 1. The predicted molar refractivity (Wildman–Crippen MR) is 97.3 cm³/mol. The summed E-state index contributed by atoms with van der Waals surface area (Å²) in [5.41, 5.74) is 3.13. The van der Waals surface area contributed by atoms with Gasteiger partial charge < -0.3 is 10.2 Å². The van der Waals surface area contributed by atoms with Crippen LogP contribution in [0.25, 0.3) is 0 Å². The first-order valence-electron chi connectivity index (χ1n) is 8.02. The lowest BCUT2D eigenvalue weighted by Gasteiger charge is -2.29. The van der Waals surface area contributed by atoms with Crippen LogP contribution in [-0.2, 0) is 17.8 Å². The van der Waals surface area contributed by atoms with Gasteiger partial charge in [-0.1, -0.05) is 18.2 Å². The minimum atomic E-state index is -0.0165. The van der Waals surface area contributed by atoms with E-state index in [0.29, 0.717) is 19.4 Å². The molecule has 0 saturated carbocycles. The van der Waals surface area contributed by atoms with Crippen molar-refractivity contribution in [1.29, 1.82) is 0 Å². The number of benzene rings is 1. The fraction of sp³-hybridized carbons (Fsp3) is 0.263. The summed E-state index contributed by atoms with van der Waals surface area (Å²) in [4.78, 5) is 27.0. The first-order chi connectivity index (χ1) is 11.7. The fourth-order valence-corrected chi connectivity index (χ4v) is 3.51. The van der Waals surface area contributed by atoms with E-state index in [1.54, 1.807) is 6.08 Å². The van der Waals surface area contributed by atoms with Gasteiger partial charge in [-0.15, -0.1) is 17.9 Å². The van der Waals surface area contributed by atoms with Gasteiger partial charge in [-0.2, -0.15) is 0 Å². The van der Waals surface area contributed by atoms with Crippen molar-refractivity contribution in [3.8, 4) is 0 Å². The molecule has 3 rings (SSSR count). The molecule has 1 aliphatic heterocycles. The minimum Gasteiger partial charge on any atom is -0.333 e. The van der Waals surface area contributed by atoms with E-state index in [2.05, 4.69) is 11.9 Å². The first-order valence-corrected chi connectivity index (χ1v) is 8.90. The van der Waals surface area contributed by atoms with E-state index in [9.17, 15) is 9.59 Å². The van der Waals surface area contributed by atoms with Crippen molar-refractivity contribution in [2.75, 3.05) is 11.9 Å². The van der Waals surface area contributed by atoms with Crippen molar-refractivity contribution in [3.63, 3.8) is 0 Å². The molecule has 0 fully saturated rings. The predicted octanol–water partition coefficient (Wildman–Crippen LogP) is 3.85. The zero-order valence-electron chi connectivity index (χ0n) is 13.5. The second-order valence-corrected chi connectivity index (χ2v) is 6.76. The third kappa shape index (κ3) is 3.74. The van der Waals surface area contributed by atoms with Gasteiger partial charge in [0.1, 0.15) is 0 Å². The topological polar surface area (TPSA) is 49.4 Å². The van der Waals surface area contributed by atoms with Crippen molar-refractivity contribution < 1.29 is 9.59 Å². The number of nitrogens with zero attached hydrogens (tertiary/aromatic N) is 1. The van der Waals surface area contributed by atoms with Crippen LogP contribution in [0, 0.1) is 0 Å². The Hall–Kier alpha value is -2.40. The van der Waals surface area contributed by atoms with Gasteiger partial charge in [0.15, 0.2) is 0 Å². The third-order valence-corrected chi connectivity index (χ3v) is 4.95. The Kier molecular flexibility index (Phi) is 5.11. The molecule has 0 spiro atoms. The van der Waals surface area contributed by atoms with E-state index < -0.39 is 0 Å².